The molecule has 0 saturated heterocycles. The molecule has 0 aliphatic heterocycles. The smallest absolute Gasteiger partial charge is 0.396 e. The molecule has 0 aromatic heterocycles. The normalized spacial score (nSPS) is 15.7. The monoisotopic (exact) mass is 344 g/mol. The summed E-state index contributed by atoms with van der Waals surface area (Å²) in [6, 6.07) is 3.09. The Morgan fingerprint density at radius 2 is 1.96 bits per heavy atom. The predicted octanol–water partition coefficient (Wildman–Crippen LogP) is 2.23. The van der Waals surface area contributed by atoms with Gasteiger partial charge in [-0.05, 0) is 49.8 Å². The molecular weight excluding hydrogens is 325 g/mol. The van der Waals surface area contributed by atoms with Gasteiger partial charge in [0.05, 0.1) is 5.56 Å². The van der Waals surface area contributed by atoms with Crippen molar-refractivity contribution in [2.45, 2.75) is 38.4 Å². The van der Waals surface area contributed by atoms with Gasteiger partial charge in [0.15, 0.2) is 0 Å². The zero-order valence-corrected chi connectivity index (χ0v) is 13.1. The third kappa shape index (κ3) is 4.47. The third-order valence-corrected chi connectivity index (χ3v) is 4.04. The molecule has 1 unspecified atom stereocenters. The molecule has 0 spiro atoms. The van der Waals surface area contributed by atoms with Crippen LogP contribution in [0.25, 0.3) is 0 Å². The number of alkyl halides is 3. The first-order valence-corrected chi connectivity index (χ1v) is 7.63. The molecule has 2 amide bonds. The van der Waals surface area contributed by atoms with E-state index in [-0.39, 0.29) is 29.8 Å². The lowest BCUT2D eigenvalue weighted by molar-refractivity contribution is -0.138. The molecule has 1 aromatic carbocycles. The van der Waals surface area contributed by atoms with Gasteiger partial charge in [0.2, 0.25) is 0 Å². The van der Waals surface area contributed by atoms with Gasteiger partial charge in [-0.25, -0.2) is 0 Å². The Bertz CT molecular complexity index is 627. The third-order valence-electron chi connectivity index (χ3n) is 4.04. The van der Waals surface area contributed by atoms with Crippen LogP contribution in [0.2, 0.25) is 0 Å². The summed E-state index contributed by atoms with van der Waals surface area (Å²) in [5, 5.41) is 13.7. The van der Waals surface area contributed by atoms with Crippen molar-refractivity contribution in [3.8, 4) is 0 Å². The van der Waals surface area contributed by atoms with Crippen LogP contribution in [-0.2, 0) is 15.8 Å². The molecule has 1 aromatic rings. The van der Waals surface area contributed by atoms with E-state index in [1.54, 1.807) is 0 Å². The Morgan fingerprint density at radius 3 is 2.50 bits per heavy atom. The van der Waals surface area contributed by atoms with Crippen LogP contribution in [0.4, 0.5) is 18.9 Å². The van der Waals surface area contributed by atoms with Crippen LogP contribution in [-0.4, -0.2) is 29.6 Å². The molecule has 0 heterocycles. The number of rotatable bonds is 5. The second kappa shape index (κ2) is 7.21. The maximum atomic E-state index is 12.9. The molecule has 1 aliphatic carbocycles. The maximum Gasteiger partial charge on any atom is 0.416 e. The Hall–Kier alpha value is -2.09. The quantitative estimate of drug-likeness (QED) is 0.717. The van der Waals surface area contributed by atoms with Crippen LogP contribution in [0.3, 0.4) is 0 Å². The number of aliphatic hydroxyl groups excluding tert-OH is 1. The van der Waals surface area contributed by atoms with Crippen molar-refractivity contribution in [2.75, 3.05) is 11.9 Å². The Morgan fingerprint density at radius 1 is 1.29 bits per heavy atom. The summed E-state index contributed by atoms with van der Waals surface area (Å²) in [7, 11) is 0. The molecule has 3 N–H and O–H groups in total. The molecule has 0 radical (unpaired) electrons. The van der Waals surface area contributed by atoms with E-state index in [2.05, 4.69) is 10.6 Å². The van der Waals surface area contributed by atoms with Gasteiger partial charge in [0.1, 0.15) is 0 Å². The van der Waals surface area contributed by atoms with E-state index in [0.717, 1.165) is 18.9 Å². The molecule has 1 atom stereocenters. The summed E-state index contributed by atoms with van der Waals surface area (Å²) < 4.78 is 38.6. The van der Waals surface area contributed by atoms with Crippen molar-refractivity contribution in [2.24, 2.45) is 5.92 Å². The minimum atomic E-state index is -4.54. The van der Waals surface area contributed by atoms with E-state index >= 15 is 0 Å². The summed E-state index contributed by atoms with van der Waals surface area (Å²) in [4.78, 5) is 23.9. The van der Waals surface area contributed by atoms with E-state index in [4.69, 9.17) is 5.11 Å². The van der Waals surface area contributed by atoms with E-state index < -0.39 is 23.6 Å². The van der Waals surface area contributed by atoms with Crippen LogP contribution in [0.15, 0.2) is 18.2 Å². The molecule has 5 nitrogen and oxygen atoms in total. The Labute approximate surface area is 137 Å². The van der Waals surface area contributed by atoms with Gasteiger partial charge < -0.3 is 15.7 Å². The van der Waals surface area contributed by atoms with Crippen LogP contribution < -0.4 is 10.6 Å². The van der Waals surface area contributed by atoms with Gasteiger partial charge in [0.25, 0.3) is 0 Å². The van der Waals surface area contributed by atoms with E-state index in [1.165, 1.54) is 19.1 Å². The highest BCUT2D eigenvalue weighted by atomic mass is 19.4. The van der Waals surface area contributed by atoms with Gasteiger partial charge in [-0.2, -0.15) is 13.2 Å². The van der Waals surface area contributed by atoms with E-state index in [9.17, 15) is 22.8 Å². The number of hydrogen-bond donors (Lipinski definition) is 3. The zero-order valence-electron chi connectivity index (χ0n) is 13.1. The van der Waals surface area contributed by atoms with Gasteiger partial charge in [-0.1, -0.05) is 6.07 Å². The summed E-state index contributed by atoms with van der Waals surface area (Å²) in [6.07, 6.45) is -2.36. The number of amides is 2. The summed E-state index contributed by atoms with van der Waals surface area (Å²) in [5.74, 6) is -1.71. The molecule has 1 fully saturated rings. The fourth-order valence-corrected chi connectivity index (χ4v) is 2.55. The van der Waals surface area contributed by atoms with E-state index in [1.807, 2.05) is 0 Å². The number of carbonyl (C=O) groups excluding carboxylic acids is 2. The molecule has 24 heavy (non-hydrogen) atoms. The molecule has 0 bridgehead atoms. The largest absolute Gasteiger partial charge is 0.416 e. The SMILES string of the molecule is Cc1c(NC(=O)C(=O)NC(CCO)C2CC2)cccc1C(F)(F)F. The number of anilines is 1. The van der Waals surface area contributed by atoms with Crippen LogP contribution in [0, 0.1) is 12.8 Å². The average molecular weight is 344 g/mol. The summed E-state index contributed by atoms with van der Waals surface area (Å²) in [6.45, 7) is 1.12. The van der Waals surface area contributed by atoms with Gasteiger partial charge in [-0.3, -0.25) is 9.59 Å². The standard InChI is InChI=1S/C16H19F3N2O3/c1-9-11(16(17,18)19)3-2-4-12(9)20-14(23)15(24)21-13(7-8-22)10-5-6-10/h2-4,10,13,22H,5-8H2,1H3,(H,20,23)(H,21,24). The number of hydrogen-bond acceptors (Lipinski definition) is 3. The lowest BCUT2D eigenvalue weighted by Gasteiger charge is -2.18. The number of nitrogens with one attached hydrogen (secondary N) is 2. The first-order chi connectivity index (χ1) is 11.2. The molecule has 2 rings (SSSR count). The number of carbonyl (C=O) groups is 2. The van der Waals surface area contributed by atoms with Crippen molar-refractivity contribution in [1.29, 1.82) is 0 Å². The topological polar surface area (TPSA) is 78.4 Å². The highest BCUT2D eigenvalue weighted by Gasteiger charge is 2.34. The van der Waals surface area contributed by atoms with E-state index in [0.29, 0.717) is 6.42 Å². The number of aliphatic hydroxyl groups is 1. The minimum absolute atomic E-state index is 0.0601. The first kappa shape index (κ1) is 18.3. The van der Waals surface area contributed by atoms with Crippen LogP contribution in [0.5, 0.6) is 0 Å². The number of benzene rings is 1. The van der Waals surface area contributed by atoms with Crippen LogP contribution >= 0.6 is 0 Å². The van der Waals surface area contributed by atoms with Crippen molar-refractivity contribution >= 4 is 17.5 Å². The molecule has 132 valence electrons. The minimum Gasteiger partial charge on any atom is -0.396 e. The first-order valence-electron chi connectivity index (χ1n) is 7.63. The average Bonchev–Trinajstić information content (AvgIpc) is 3.32. The van der Waals surface area contributed by atoms with Crippen molar-refractivity contribution in [3.63, 3.8) is 0 Å². The lowest BCUT2D eigenvalue weighted by Crippen LogP contribution is -2.43. The fourth-order valence-electron chi connectivity index (χ4n) is 2.55. The zero-order chi connectivity index (χ0) is 17.9. The highest BCUT2D eigenvalue weighted by Crippen LogP contribution is 2.35. The fraction of sp³-hybridized carbons (Fsp3) is 0.500. The van der Waals surface area contributed by atoms with Crippen molar-refractivity contribution < 1.29 is 27.9 Å². The maximum absolute atomic E-state index is 12.9. The molecule has 1 aliphatic rings. The van der Waals surface area contributed by atoms with Crippen molar-refractivity contribution in [1.82, 2.24) is 5.32 Å². The highest BCUT2D eigenvalue weighted by molar-refractivity contribution is 6.39. The molecular formula is C16H19F3N2O3. The lowest BCUT2D eigenvalue weighted by atomic mass is 10.1. The molecule has 1 saturated carbocycles. The Kier molecular flexibility index (Phi) is 5.48. The van der Waals surface area contributed by atoms with Crippen LogP contribution in [0.1, 0.15) is 30.4 Å². The molecule has 8 heteroatoms. The summed E-state index contributed by atoms with van der Waals surface area (Å²) in [5.41, 5.74) is -1.08. The van der Waals surface area contributed by atoms with Gasteiger partial charge >= 0.3 is 18.0 Å². The summed E-state index contributed by atoms with van der Waals surface area (Å²) >= 11 is 0. The van der Waals surface area contributed by atoms with Crippen molar-refractivity contribution in [3.05, 3.63) is 29.3 Å². The second-order valence-electron chi connectivity index (χ2n) is 5.86. The van der Waals surface area contributed by atoms with Gasteiger partial charge in [0, 0.05) is 18.3 Å². The Balaban J connectivity index is 2.05. The van der Waals surface area contributed by atoms with Gasteiger partial charge in [-0.15, -0.1) is 0 Å². The second-order valence-corrected chi connectivity index (χ2v) is 5.86. The number of halogens is 3. The predicted molar refractivity (Wildman–Crippen MR) is 81.2 cm³/mol.